The van der Waals surface area contributed by atoms with Crippen molar-refractivity contribution in [3.05, 3.63) is 34.9 Å². The summed E-state index contributed by atoms with van der Waals surface area (Å²) in [4.78, 5) is 0. The lowest BCUT2D eigenvalue weighted by Crippen LogP contribution is -2.36. The van der Waals surface area contributed by atoms with Crippen molar-refractivity contribution in [2.75, 3.05) is 0 Å². The number of aryl methyl sites for hydroxylation is 1. The highest BCUT2D eigenvalue weighted by molar-refractivity contribution is 6.30. The van der Waals surface area contributed by atoms with E-state index in [1.165, 1.54) is 12.0 Å². The summed E-state index contributed by atoms with van der Waals surface area (Å²) in [6.07, 6.45) is 4.96. The molecule has 76 valence electrons. The third-order valence-corrected chi connectivity index (χ3v) is 3.33. The Kier molecular flexibility index (Phi) is 2.80. The second kappa shape index (κ2) is 3.92. The standard InChI is InChI=1S/C12H15ClO/c13-11-4-2-10(3-5-11)6-9-12(14)7-1-8-12/h2-5,14H,1,6-9H2. The monoisotopic (exact) mass is 210 g/mol. The first kappa shape index (κ1) is 10.0. The molecule has 0 unspecified atom stereocenters. The van der Waals surface area contributed by atoms with Gasteiger partial charge in [-0.25, -0.2) is 0 Å². The highest BCUT2D eigenvalue weighted by Gasteiger charge is 2.33. The Morgan fingerprint density at radius 1 is 1.21 bits per heavy atom. The molecule has 0 heterocycles. The van der Waals surface area contributed by atoms with Crippen LogP contribution in [0.3, 0.4) is 0 Å². The van der Waals surface area contributed by atoms with Crippen LogP contribution < -0.4 is 0 Å². The molecule has 1 aliphatic carbocycles. The lowest BCUT2D eigenvalue weighted by molar-refractivity contribution is -0.0397. The van der Waals surface area contributed by atoms with E-state index in [0.29, 0.717) is 0 Å². The zero-order valence-corrected chi connectivity index (χ0v) is 8.93. The zero-order valence-electron chi connectivity index (χ0n) is 8.17. The van der Waals surface area contributed by atoms with Gasteiger partial charge in [-0.3, -0.25) is 0 Å². The van der Waals surface area contributed by atoms with Gasteiger partial charge in [0.25, 0.3) is 0 Å². The van der Waals surface area contributed by atoms with Crippen molar-refractivity contribution < 1.29 is 5.11 Å². The number of hydrogen-bond donors (Lipinski definition) is 1. The number of aliphatic hydroxyl groups is 1. The Morgan fingerprint density at radius 3 is 2.36 bits per heavy atom. The lowest BCUT2D eigenvalue weighted by atomic mass is 9.76. The summed E-state index contributed by atoms with van der Waals surface area (Å²) < 4.78 is 0. The number of halogens is 1. The molecule has 0 spiro atoms. The smallest absolute Gasteiger partial charge is 0.0651 e. The first-order valence-electron chi connectivity index (χ1n) is 5.15. The van der Waals surface area contributed by atoms with E-state index in [4.69, 9.17) is 11.6 Å². The first-order chi connectivity index (χ1) is 6.68. The predicted octanol–water partition coefficient (Wildman–Crippen LogP) is 3.19. The van der Waals surface area contributed by atoms with Crippen LogP contribution in [-0.4, -0.2) is 10.7 Å². The Balaban J connectivity index is 1.88. The quantitative estimate of drug-likeness (QED) is 0.813. The fourth-order valence-corrected chi connectivity index (χ4v) is 1.99. The fourth-order valence-electron chi connectivity index (χ4n) is 1.86. The van der Waals surface area contributed by atoms with Gasteiger partial charge < -0.3 is 5.11 Å². The molecule has 1 aliphatic rings. The van der Waals surface area contributed by atoms with Gasteiger partial charge in [-0.2, -0.15) is 0 Å². The molecule has 0 saturated heterocycles. The number of benzene rings is 1. The van der Waals surface area contributed by atoms with Crippen LogP contribution in [0.4, 0.5) is 0 Å². The van der Waals surface area contributed by atoms with Gasteiger partial charge in [0, 0.05) is 5.02 Å². The van der Waals surface area contributed by atoms with E-state index < -0.39 is 0 Å². The van der Waals surface area contributed by atoms with Crippen LogP contribution in [0.15, 0.2) is 24.3 Å². The van der Waals surface area contributed by atoms with Gasteiger partial charge in [0.15, 0.2) is 0 Å². The van der Waals surface area contributed by atoms with Crippen LogP contribution in [0.25, 0.3) is 0 Å². The predicted molar refractivity (Wildman–Crippen MR) is 58.6 cm³/mol. The van der Waals surface area contributed by atoms with Crippen molar-refractivity contribution in [1.29, 1.82) is 0 Å². The van der Waals surface area contributed by atoms with Crippen molar-refractivity contribution in [1.82, 2.24) is 0 Å². The van der Waals surface area contributed by atoms with Crippen LogP contribution in [0.5, 0.6) is 0 Å². The summed E-state index contributed by atoms with van der Waals surface area (Å²) in [7, 11) is 0. The summed E-state index contributed by atoms with van der Waals surface area (Å²) in [5.41, 5.74) is 0.898. The van der Waals surface area contributed by atoms with Crippen molar-refractivity contribution in [3.63, 3.8) is 0 Å². The van der Waals surface area contributed by atoms with Crippen molar-refractivity contribution >= 4 is 11.6 Å². The van der Waals surface area contributed by atoms with Gasteiger partial charge in [-0.1, -0.05) is 23.7 Å². The number of rotatable bonds is 3. The molecule has 2 rings (SSSR count). The Labute approximate surface area is 89.7 Å². The molecule has 0 atom stereocenters. The van der Waals surface area contributed by atoms with Crippen LogP contribution in [0.1, 0.15) is 31.2 Å². The molecule has 1 N–H and O–H groups in total. The van der Waals surface area contributed by atoms with E-state index >= 15 is 0 Å². The van der Waals surface area contributed by atoms with Gasteiger partial charge >= 0.3 is 0 Å². The normalized spacial score (nSPS) is 19.0. The molecule has 2 heteroatoms. The second-order valence-electron chi connectivity index (χ2n) is 4.20. The topological polar surface area (TPSA) is 20.2 Å². The third kappa shape index (κ3) is 2.28. The molecule has 0 aliphatic heterocycles. The summed E-state index contributed by atoms with van der Waals surface area (Å²) in [6, 6.07) is 7.87. The molecule has 0 radical (unpaired) electrons. The fraction of sp³-hybridized carbons (Fsp3) is 0.500. The van der Waals surface area contributed by atoms with E-state index in [9.17, 15) is 5.11 Å². The van der Waals surface area contributed by atoms with Gasteiger partial charge in [0.05, 0.1) is 5.60 Å². The lowest BCUT2D eigenvalue weighted by Gasteiger charge is -2.36. The Hall–Kier alpha value is -0.530. The minimum absolute atomic E-state index is 0.361. The summed E-state index contributed by atoms with van der Waals surface area (Å²) in [5, 5.41) is 10.7. The molecule has 1 aromatic rings. The van der Waals surface area contributed by atoms with Gasteiger partial charge in [-0.05, 0) is 49.8 Å². The molecule has 1 saturated carbocycles. The molecule has 14 heavy (non-hydrogen) atoms. The van der Waals surface area contributed by atoms with Crippen LogP contribution in [0.2, 0.25) is 5.02 Å². The van der Waals surface area contributed by atoms with Gasteiger partial charge in [0.1, 0.15) is 0 Å². The molecular weight excluding hydrogens is 196 g/mol. The molecule has 0 amide bonds. The zero-order chi connectivity index (χ0) is 10.0. The Morgan fingerprint density at radius 2 is 1.86 bits per heavy atom. The van der Waals surface area contributed by atoms with E-state index in [-0.39, 0.29) is 5.60 Å². The van der Waals surface area contributed by atoms with Gasteiger partial charge in [0.2, 0.25) is 0 Å². The summed E-state index contributed by atoms with van der Waals surface area (Å²) in [6.45, 7) is 0. The minimum Gasteiger partial charge on any atom is -0.390 e. The van der Waals surface area contributed by atoms with E-state index in [1.807, 2.05) is 24.3 Å². The third-order valence-electron chi connectivity index (χ3n) is 3.08. The molecule has 1 fully saturated rings. The maximum Gasteiger partial charge on any atom is 0.0651 e. The van der Waals surface area contributed by atoms with E-state index in [1.54, 1.807) is 0 Å². The first-order valence-corrected chi connectivity index (χ1v) is 5.53. The molecule has 1 nitrogen and oxygen atoms in total. The molecule has 1 aromatic carbocycles. The van der Waals surface area contributed by atoms with Crippen LogP contribution in [-0.2, 0) is 6.42 Å². The van der Waals surface area contributed by atoms with E-state index in [0.717, 1.165) is 30.7 Å². The van der Waals surface area contributed by atoms with Crippen molar-refractivity contribution in [2.45, 2.75) is 37.7 Å². The highest BCUT2D eigenvalue weighted by atomic mass is 35.5. The van der Waals surface area contributed by atoms with Crippen molar-refractivity contribution in [2.24, 2.45) is 0 Å². The molecule has 0 aromatic heterocycles. The largest absolute Gasteiger partial charge is 0.390 e. The number of hydrogen-bond acceptors (Lipinski definition) is 1. The highest BCUT2D eigenvalue weighted by Crippen LogP contribution is 2.35. The van der Waals surface area contributed by atoms with Crippen molar-refractivity contribution in [3.8, 4) is 0 Å². The van der Waals surface area contributed by atoms with Gasteiger partial charge in [-0.15, -0.1) is 0 Å². The Bertz CT molecular complexity index is 301. The second-order valence-corrected chi connectivity index (χ2v) is 4.64. The SMILES string of the molecule is OC1(CCc2ccc(Cl)cc2)CCC1. The molecular formula is C12H15ClO. The summed E-state index contributed by atoms with van der Waals surface area (Å²) >= 11 is 5.79. The van der Waals surface area contributed by atoms with Crippen LogP contribution in [0, 0.1) is 0 Å². The molecule has 0 bridgehead atoms. The minimum atomic E-state index is -0.361. The maximum absolute atomic E-state index is 9.90. The van der Waals surface area contributed by atoms with Crippen LogP contribution >= 0.6 is 11.6 Å². The average Bonchev–Trinajstić information content (AvgIpc) is 2.14. The van der Waals surface area contributed by atoms with E-state index in [2.05, 4.69) is 0 Å². The maximum atomic E-state index is 9.90. The summed E-state index contributed by atoms with van der Waals surface area (Å²) in [5.74, 6) is 0. The average molecular weight is 211 g/mol.